The van der Waals surface area contributed by atoms with Gasteiger partial charge in [-0.1, -0.05) is 6.07 Å². The van der Waals surface area contributed by atoms with Crippen LogP contribution in [0.3, 0.4) is 0 Å². The van der Waals surface area contributed by atoms with Crippen molar-refractivity contribution >= 4 is 5.91 Å². The van der Waals surface area contributed by atoms with Crippen LogP contribution in [-0.4, -0.2) is 50.8 Å². The topological polar surface area (TPSA) is 86.3 Å². The molecule has 3 fully saturated rings. The summed E-state index contributed by atoms with van der Waals surface area (Å²) in [5.74, 6) is 2.95. The molecule has 0 unspecified atom stereocenters. The number of nitrogens with two attached hydrogens (primary N) is 1. The molecule has 34 heavy (non-hydrogen) atoms. The van der Waals surface area contributed by atoms with Gasteiger partial charge in [-0.05, 0) is 88.5 Å². The highest BCUT2D eigenvalue weighted by Gasteiger charge is 2.50. The lowest BCUT2D eigenvalue weighted by molar-refractivity contribution is 0.0706. The molecule has 2 aromatic heterocycles. The third-order valence-corrected chi connectivity index (χ3v) is 8.66. The maximum absolute atomic E-state index is 13.3. The number of aryl methyl sites for hydroxylation is 2. The summed E-state index contributed by atoms with van der Waals surface area (Å²) >= 11 is 0. The van der Waals surface area contributed by atoms with E-state index in [1.165, 1.54) is 30.5 Å². The quantitative estimate of drug-likeness (QED) is 0.703. The highest BCUT2D eigenvalue weighted by molar-refractivity contribution is 5.94. The van der Waals surface area contributed by atoms with Gasteiger partial charge in [-0.3, -0.25) is 9.48 Å². The number of hydrogen-bond acceptors (Lipinski definition) is 5. The van der Waals surface area contributed by atoms with Gasteiger partial charge in [0.15, 0.2) is 5.69 Å². The van der Waals surface area contributed by atoms with Crippen molar-refractivity contribution in [3.63, 3.8) is 0 Å². The van der Waals surface area contributed by atoms with Crippen molar-refractivity contribution in [2.75, 3.05) is 13.1 Å². The lowest BCUT2D eigenvalue weighted by Crippen LogP contribution is -2.43. The Hall–Kier alpha value is -2.41. The molecule has 4 aliphatic rings. The van der Waals surface area contributed by atoms with E-state index in [4.69, 9.17) is 15.6 Å². The lowest BCUT2D eigenvalue weighted by Gasteiger charge is -2.29. The molecule has 1 amide bonds. The van der Waals surface area contributed by atoms with E-state index in [0.29, 0.717) is 11.8 Å². The van der Waals surface area contributed by atoms with Crippen LogP contribution in [-0.2, 0) is 13.0 Å². The number of nitrogens with zero attached hydrogens (tertiary/aromatic N) is 4. The first-order valence-corrected chi connectivity index (χ1v) is 13.3. The van der Waals surface area contributed by atoms with Gasteiger partial charge in [0.25, 0.3) is 5.91 Å². The number of carbonyl (C=O) groups is 1. The van der Waals surface area contributed by atoms with Crippen LogP contribution in [0.4, 0.5) is 0 Å². The molecule has 7 nitrogen and oxygen atoms in total. The summed E-state index contributed by atoms with van der Waals surface area (Å²) in [5.41, 5.74) is 10.5. The monoisotopic (exact) mass is 463 g/mol. The van der Waals surface area contributed by atoms with Crippen LogP contribution in [0.5, 0.6) is 5.88 Å². The molecule has 2 atom stereocenters. The summed E-state index contributed by atoms with van der Waals surface area (Å²) in [6.07, 6.45) is 11.9. The van der Waals surface area contributed by atoms with Crippen molar-refractivity contribution in [3.05, 3.63) is 40.8 Å². The van der Waals surface area contributed by atoms with Gasteiger partial charge < -0.3 is 15.4 Å². The minimum atomic E-state index is 0.136. The van der Waals surface area contributed by atoms with E-state index in [1.807, 2.05) is 11.0 Å². The Morgan fingerprint density at radius 1 is 1.18 bits per heavy atom. The highest BCUT2D eigenvalue weighted by atomic mass is 16.5. The predicted molar refractivity (Wildman–Crippen MR) is 130 cm³/mol. The van der Waals surface area contributed by atoms with Crippen LogP contribution in [0.15, 0.2) is 18.3 Å². The van der Waals surface area contributed by atoms with Crippen molar-refractivity contribution in [3.8, 4) is 5.88 Å². The van der Waals surface area contributed by atoms with Crippen LogP contribution >= 0.6 is 0 Å². The van der Waals surface area contributed by atoms with E-state index in [1.54, 1.807) is 6.20 Å². The summed E-state index contributed by atoms with van der Waals surface area (Å²) in [6, 6.07) is 4.24. The molecule has 3 heterocycles. The smallest absolute Gasteiger partial charge is 0.274 e. The van der Waals surface area contributed by atoms with Gasteiger partial charge in [-0.15, -0.1) is 0 Å². The molecule has 7 heteroatoms. The number of aromatic nitrogens is 3. The van der Waals surface area contributed by atoms with E-state index >= 15 is 0 Å². The number of ether oxygens (including phenoxy) is 1. The Morgan fingerprint density at radius 3 is 2.74 bits per heavy atom. The summed E-state index contributed by atoms with van der Waals surface area (Å²) in [7, 11) is 0. The minimum absolute atomic E-state index is 0.136. The van der Waals surface area contributed by atoms with Gasteiger partial charge in [0.05, 0.1) is 0 Å². The number of amides is 1. The second-order valence-corrected chi connectivity index (χ2v) is 11.0. The Morgan fingerprint density at radius 2 is 1.97 bits per heavy atom. The normalized spacial score (nSPS) is 28.5. The molecule has 2 saturated carbocycles. The highest BCUT2D eigenvalue weighted by Crippen LogP contribution is 2.57. The number of piperidine rings is 1. The first-order chi connectivity index (χ1) is 16.6. The van der Waals surface area contributed by atoms with Gasteiger partial charge >= 0.3 is 0 Å². The molecule has 3 aliphatic carbocycles. The van der Waals surface area contributed by atoms with Crippen LogP contribution in [0.25, 0.3) is 0 Å². The number of likely N-dealkylation sites (tertiary alicyclic amines) is 1. The maximum Gasteiger partial charge on any atom is 0.274 e. The summed E-state index contributed by atoms with van der Waals surface area (Å²) < 4.78 is 8.39. The fraction of sp³-hybridized carbons (Fsp3) is 0.667. The Bertz CT molecular complexity index is 1050. The largest absolute Gasteiger partial charge is 0.474 e. The van der Waals surface area contributed by atoms with Crippen LogP contribution < -0.4 is 10.5 Å². The van der Waals surface area contributed by atoms with E-state index in [2.05, 4.69) is 22.7 Å². The summed E-state index contributed by atoms with van der Waals surface area (Å²) in [4.78, 5) is 19.7. The standard InChI is InChI=1S/C27H37N5O2/c1-17-3-2-11-29-26(17)34-21-6-4-18(5-7-21)8-14-32-23-16-19-15-22(19)24(23)25(30-32)27(33)31-12-9-20(28)10-13-31/h2-3,11,18-22H,4-10,12-16,28H2,1H3/t18-,19-,21+,22-/m1/s1. The zero-order chi connectivity index (χ0) is 23.2. The number of hydrogen-bond donors (Lipinski definition) is 1. The maximum atomic E-state index is 13.3. The van der Waals surface area contributed by atoms with E-state index in [0.717, 1.165) is 81.2 Å². The fourth-order valence-corrected chi connectivity index (χ4v) is 6.38. The van der Waals surface area contributed by atoms with Crippen LogP contribution in [0.2, 0.25) is 0 Å². The molecule has 2 aromatic rings. The van der Waals surface area contributed by atoms with Gasteiger partial charge in [0.2, 0.25) is 5.88 Å². The second kappa shape index (κ2) is 8.99. The molecular formula is C27H37N5O2. The Balaban J connectivity index is 1.07. The predicted octanol–water partition coefficient (Wildman–Crippen LogP) is 3.84. The Labute approximate surface area is 202 Å². The minimum Gasteiger partial charge on any atom is -0.474 e. The average molecular weight is 464 g/mol. The molecule has 6 rings (SSSR count). The first-order valence-electron chi connectivity index (χ1n) is 13.3. The number of carbonyl (C=O) groups excluding carboxylic acids is 1. The van der Waals surface area contributed by atoms with Gasteiger partial charge in [-0.25, -0.2) is 4.98 Å². The van der Waals surface area contributed by atoms with E-state index in [-0.39, 0.29) is 18.1 Å². The van der Waals surface area contributed by atoms with Crippen molar-refractivity contribution in [2.24, 2.45) is 17.6 Å². The lowest BCUT2D eigenvalue weighted by atomic mass is 9.85. The zero-order valence-electron chi connectivity index (χ0n) is 20.3. The van der Waals surface area contributed by atoms with Crippen molar-refractivity contribution in [1.29, 1.82) is 0 Å². The van der Waals surface area contributed by atoms with Crippen LogP contribution in [0, 0.1) is 18.8 Å². The number of fused-ring (bicyclic) bond motifs is 3. The SMILES string of the molecule is Cc1cccnc1O[C@H]1CC[C@@H](CCn2nc(C(=O)N3CCC(N)CC3)c3c2C[C@H]2C[C@@H]32)CC1. The molecule has 0 radical (unpaired) electrons. The summed E-state index contributed by atoms with van der Waals surface area (Å²) in [6.45, 7) is 4.51. The molecule has 1 saturated heterocycles. The molecular weight excluding hydrogens is 426 g/mol. The van der Waals surface area contributed by atoms with Gasteiger partial charge in [0, 0.05) is 48.7 Å². The molecule has 2 N–H and O–H groups in total. The Kier molecular flexibility index (Phi) is 5.84. The molecule has 0 spiro atoms. The number of pyridine rings is 1. The molecule has 1 aliphatic heterocycles. The zero-order valence-corrected chi connectivity index (χ0v) is 20.3. The fourth-order valence-electron chi connectivity index (χ4n) is 6.38. The van der Waals surface area contributed by atoms with E-state index in [9.17, 15) is 4.79 Å². The van der Waals surface area contributed by atoms with E-state index < -0.39 is 0 Å². The first kappa shape index (κ1) is 22.1. The van der Waals surface area contributed by atoms with Crippen molar-refractivity contribution < 1.29 is 9.53 Å². The van der Waals surface area contributed by atoms with Crippen molar-refractivity contribution in [1.82, 2.24) is 19.7 Å². The number of rotatable bonds is 6. The van der Waals surface area contributed by atoms with Crippen molar-refractivity contribution in [2.45, 2.75) is 89.3 Å². The third kappa shape index (κ3) is 4.23. The molecule has 182 valence electrons. The molecule has 0 aromatic carbocycles. The second-order valence-electron chi connectivity index (χ2n) is 11.0. The average Bonchev–Trinajstić information content (AvgIpc) is 3.37. The third-order valence-electron chi connectivity index (χ3n) is 8.66. The molecule has 0 bridgehead atoms. The summed E-state index contributed by atoms with van der Waals surface area (Å²) in [5, 5.41) is 4.93. The van der Waals surface area contributed by atoms with Gasteiger partial charge in [-0.2, -0.15) is 5.10 Å². The van der Waals surface area contributed by atoms with Crippen LogP contribution in [0.1, 0.15) is 84.6 Å². The van der Waals surface area contributed by atoms with Gasteiger partial charge in [0.1, 0.15) is 6.10 Å².